The second-order valence-corrected chi connectivity index (χ2v) is 8.93. The maximum Gasteiger partial charge on any atom is 0.252 e. The molecule has 6 nitrogen and oxygen atoms in total. The Morgan fingerprint density at radius 3 is 2.30 bits per heavy atom. The van der Waals surface area contributed by atoms with Crippen molar-refractivity contribution in [3.8, 4) is 16.9 Å². The molecule has 0 bridgehead atoms. The lowest BCUT2D eigenvalue weighted by molar-refractivity contribution is 0.0965. The van der Waals surface area contributed by atoms with Gasteiger partial charge in [-0.1, -0.05) is 24.3 Å². The minimum Gasteiger partial charge on any atom is -0.489 e. The largest absolute Gasteiger partial charge is 0.489 e. The van der Waals surface area contributed by atoms with Crippen molar-refractivity contribution in [2.24, 2.45) is 0 Å². The van der Waals surface area contributed by atoms with Gasteiger partial charge < -0.3 is 10.1 Å². The number of amides is 1. The molecule has 0 heterocycles. The number of sulfonamides is 1. The molecule has 0 atom stereocenters. The lowest BCUT2D eigenvalue weighted by Crippen LogP contribution is -2.19. The van der Waals surface area contributed by atoms with Crippen LogP contribution in [0.15, 0.2) is 48.5 Å². The summed E-state index contributed by atoms with van der Waals surface area (Å²) in [5, 5.41) is 3.89. The highest BCUT2D eigenvalue weighted by Gasteiger charge is 2.19. The number of halogens is 1. The highest BCUT2D eigenvalue weighted by atomic mass is 32.2. The van der Waals surface area contributed by atoms with E-state index >= 15 is 0 Å². The summed E-state index contributed by atoms with van der Waals surface area (Å²) in [5.74, 6) is -0.381. The average molecular weight is 431 g/mol. The van der Waals surface area contributed by atoms with Gasteiger partial charge in [-0.2, -0.15) is 0 Å². The highest BCUT2D eigenvalue weighted by Crippen LogP contribution is 2.37. The first kappa shape index (κ1) is 21.6. The van der Waals surface area contributed by atoms with Crippen molar-refractivity contribution < 1.29 is 22.3 Å². The standard InChI is InChI=1S/C22H23FN2O4S/c1-13(2)29-20-12-18-15(11-19(20)25-30(4,27)28)7-10-17(21(18)22(26)24-3)14-5-8-16(23)9-6-14/h5-13,25H,1-4H3,(H,24,26). The molecule has 0 saturated carbocycles. The number of anilines is 1. The van der Waals surface area contributed by atoms with Crippen LogP contribution < -0.4 is 14.8 Å². The molecule has 3 rings (SSSR count). The van der Waals surface area contributed by atoms with Gasteiger partial charge in [0.2, 0.25) is 10.0 Å². The molecule has 0 saturated heterocycles. The number of rotatable bonds is 6. The summed E-state index contributed by atoms with van der Waals surface area (Å²) in [6.45, 7) is 3.64. The van der Waals surface area contributed by atoms with Crippen molar-refractivity contribution in [1.82, 2.24) is 5.32 Å². The SMILES string of the molecule is CNC(=O)c1c(-c2ccc(F)cc2)ccc2cc(NS(C)(=O)=O)c(OC(C)C)cc12. The van der Waals surface area contributed by atoms with Crippen molar-refractivity contribution in [3.63, 3.8) is 0 Å². The second-order valence-electron chi connectivity index (χ2n) is 7.18. The van der Waals surface area contributed by atoms with Crippen LogP contribution in [0, 0.1) is 5.82 Å². The number of carbonyl (C=O) groups is 1. The molecule has 0 aliphatic carbocycles. The molecule has 30 heavy (non-hydrogen) atoms. The number of fused-ring (bicyclic) bond motifs is 1. The van der Waals surface area contributed by atoms with Crippen LogP contribution in [0.2, 0.25) is 0 Å². The molecule has 3 aromatic carbocycles. The lowest BCUT2D eigenvalue weighted by Gasteiger charge is -2.18. The Bertz CT molecular complexity index is 1210. The van der Waals surface area contributed by atoms with Gasteiger partial charge in [-0.3, -0.25) is 9.52 Å². The fourth-order valence-electron chi connectivity index (χ4n) is 3.22. The van der Waals surface area contributed by atoms with Gasteiger partial charge in [0, 0.05) is 7.05 Å². The van der Waals surface area contributed by atoms with Gasteiger partial charge in [-0.15, -0.1) is 0 Å². The Morgan fingerprint density at radius 1 is 1.07 bits per heavy atom. The van der Waals surface area contributed by atoms with Crippen molar-refractivity contribution >= 4 is 32.4 Å². The van der Waals surface area contributed by atoms with E-state index in [1.807, 2.05) is 13.8 Å². The highest BCUT2D eigenvalue weighted by molar-refractivity contribution is 7.92. The van der Waals surface area contributed by atoms with E-state index in [1.54, 1.807) is 36.4 Å². The summed E-state index contributed by atoms with van der Waals surface area (Å²) in [5.41, 5.74) is 1.99. The van der Waals surface area contributed by atoms with E-state index in [1.165, 1.54) is 19.2 Å². The third kappa shape index (κ3) is 4.71. The Labute approximate surface area is 175 Å². The molecule has 0 fully saturated rings. The zero-order valence-corrected chi connectivity index (χ0v) is 17.9. The number of carbonyl (C=O) groups excluding carboxylic acids is 1. The lowest BCUT2D eigenvalue weighted by atomic mass is 9.93. The first-order valence-electron chi connectivity index (χ1n) is 9.32. The van der Waals surface area contributed by atoms with Gasteiger partial charge in [0.25, 0.3) is 5.91 Å². The van der Waals surface area contributed by atoms with E-state index in [0.717, 1.165) is 6.26 Å². The number of hydrogen-bond donors (Lipinski definition) is 2. The number of hydrogen-bond acceptors (Lipinski definition) is 4. The van der Waals surface area contributed by atoms with Crippen LogP contribution in [0.25, 0.3) is 21.9 Å². The fourth-order valence-corrected chi connectivity index (χ4v) is 3.78. The third-order valence-corrected chi connectivity index (χ3v) is 4.98. The van der Waals surface area contributed by atoms with E-state index in [-0.39, 0.29) is 23.5 Å². The predicted octanol–water partition coefficient (Wildman–Crippen LogP) is 4.16. The summed E-state index contributed by atoms with van der Waals surface area (Å²) in [6.07, 6.45) is 0.843. The third-order valence-electron chi connectivity index (χ3n) is 4.39. The molecule has 1 amide bonds. The van der Waals surface area contributed by atoms with Crippen LogP contribution in [0.4, 0.5) is 10.1 Å². The summed E-state index contributed by atoms with van der Waals surface area (Å²) in [6, 6.07) is 12.7. The van der Waals surface area contributed by atoms with Crippen molar-refractivity contribution in [2.45, 2.75) is 20.0 Å². The molecule has 3 aromatic rings. The molecule has 0 unspecified atom stereocenters. The quantitative estimate of drug-likeness (QED) is 0.615. The van der Waals surface area contributed by atoms with Gasteiger partial charge in [0.15, 0.2) is 0 Å². The Hall–Kier alpha value is -3.13. The maximum absolute atomic E-state index is 13.4. The monoisotopic (exact) mass is 430 g/mol. The molecule has 2 N–H and O–H groups in total. The van der Waals surface area contributed by atoms with E-state index in [0.29, 0.717) is 33.2 Å². The van der Waals surface area contributed by atoms with Crippen LogP contribution in [0.1, 0.15) is 24.2 Å². The normalized spacial score (nSPS) is 11.5. The summed E-state index contributed by atoms with van der Waals surface area (Å²) in [4.78, 5) is 12.8. The zero-order valence-electron chi connectivity index (χ0n) is 17.1. The summed E-state index contributed by atoms with van der Waals surface area (Å²) in [7, 11) is -2.01. The van der Waals surface area contributed by atoms with Crippen molar-refractivity contribution in [3.05, 3.63) is 59.9 Å². The predicted molar refractivity (Wildman–Crippen MR) is 117 cm³/mol. The number of benzene rings is 3. The fraction of sp³-hybridized carbons (Fsp3) is 0.227. The molecule has 0 spiro atoms. The molecule has 158 valence electrons. The van der Waals surface area contributed by atoms with Crippen LogP contribution in [0.3, 0.4) is 0 Å². The molecule has 0 aromatic heterocycles. The Balaban J connectivity index is 2.32. The van der Waals surface area contributed by atoms with Gasteiger partial charge in [0.05, 0.1) is 23.6 Å². The van der Waals surface area contributed by atoms with Crippen molar-refractivity contribution in [1.29, 1.82) is 0 Å². The van der Waals surface area contributed by atoms with Gasteiger partial charge in [-0.25, -0.2) is 12.8 Å². The number of ether oxygens (including phenoxy) is 1. The Kier molecular flexibility index (Phi) is 5.98. The summed E-state index contributed by atoms with van der Waals surface area (Å²) >= 11 is 0. The van der Waals surface area contributed by atoms with Crippen LogP contribution in [0.5, 0.6) is 5.75 Å². The van der Waals surface area contributed by atoms with Gasteiger partial charge in [-0.05, 0) is 60.0 Å². The average Bonchev–Trinajstić information content (AvgIpc) is 2.66. The van der Waals surface area contributed by atoms with Gasteiger partial charge >= 0.3 is 0 Å². The Morgan fingerprint density at radius 2 is 1.73 bits per heavy atom. The maximum atomic E-state index is 13.4. The van der Waals surface area contributed by atoms with Crippen LogP contribution >= 0.6 is 0 Å². The molecule has 0 aliphatic heterocycles. The van der Waals surface area contributed by atoms with E-state index < -0.39 is 10.0 Å². The smallest absolute Gasteiger partial charge is 0.252 e. The van der Waals surface area contributed by atoms with E-state index in [9.17, 15) is 17.6 Å². The molecule has 8 heteroatoms. The van der Waals surface area contributed by atoms with Crippen molar-refractivity contribution in [2.75, 3.05) is 18.0 Å². The van der Waals surface area contributed by atoms with E-state index in [2.05, 4.69) is 10.0 Å². The molecule has 0 radical (unpaired) electrons. The molecular weight excluding hydrogens is 407 g/mol. The summed E-state index contributed by atoms with van der Waals surface area (Å²) < 4.78 is 45.3. The van der Waals surface area contributed by atoms with Crippen LogP contribution in [-0.4, -0.2) is 33.7 Å². The first-order chi connectivity index (χ1) is 14.1. The topological polar surface area (TPSA) is 84.5 Å². The van der Waals surface area contributed by atoms with E-state index in [4.69, 9.17) is 4.74 Å². The minimum absolute atomic E-state index is 0.216. The van der Waals surface area contributed by atoms with Gasteiger partial charge in [0.1, 0.15) is 11.6 Å². The molecular formula is C22H23FN2O4S. The molecule has 0 aliphatic rings. The zero-order chi connectivity index (χ0) is 22.1. The minimum atomic E-state index is -3.54. The van der Waals surface area contributed by atoms with Crippen LogP contribution in [-0.2, 0) is 10.0 Å². The second kappa shape index (κ2) is 8.31. The first-order valence-corrected chi connectivity index (χ1v) is 11.2. The number of nitrogens with one attached hydrogen (secondary N) is 2.